The van der Waals surface area contributed by atoms with E-state index in [1.807, 2.05) is 31.2 Å². The summed E-state index contributed by atoms with van der Waals surface area (Å²) in [5.74, 6) is 0.538. The van der Waals surface area contributed by atoms with Gasteiger partial charge in [0.1, 0.15) is 11.5 Å². The lowest BCUT2D eigenvalue weighted by molar-refractivity contribution is -0.385. The molecule has 3 aromatic rings. The fourth-order valence-corrected chi connectivity index (χ4v) is 2.99. The number of nitro groups is 1. The molecule has 7 heteroatoms. The zero-order chi connectivity index (χ0) is 21.5. The van der Waals surface area contributed by atoms with E-state index in [2.05, 4.69) is 5.32 Å². The molecule has 30 heavy (non-hydrogen) atoms. The number of para-hydroxylation sites is 2. The zero-order valence-electron chi connectivity index (χ0n) is 16.7. The summed E-state index contributed by atoms with van der Waals surface area (Å²) in [6, 6.07) is 20.6. The van der Waals surface area contributed by atoms with Crippen LogP contribution in [0, 0.1) is 17.0 Å². The molecule has 3 aromatic carbocycles. The molecule has 0 saturated heterocycles. The van der Waals surface area contributed by atoms with Gasteiger partial charge >= 0.3 is 0 Å². The number of nitrogens with one attached hydrogen (secondary N) is 1. The van der Waals surface area contributed by atoms with Crippen LogP contribution in [0.1, 0.15) is 24.2 Å². The Bertz CT molecular complexity index is 1040. The fraction of sp³-hybridized carbons (Fsp3) is 0.174. The molecule has 0 spiro atoms. The Morgan fingerprint density at radius 1 is 1.07 bits per heavy atom. The number of rotatable bonds is 8. The van der Waals surface area contributed by atoms with E-state index in [4.69, 9.17) is 9.47 Å². The van der Waals surface area contributed by atoms with Gasteiger partial charge in [0.25, 0.3) is 11.6 Å². The first-order chi connectivity index (χ1) is 14.5. The number of benzene rings is 3. The van der Waals surface area contributed by atoms with Crippen molar-refractivity contribution in [1.29, 1.82) is 0 Å². The molecule has 7 nitrogen and oxygen atoms in total. The third-order valence-electron chi connectivity index (χ3n) is 4.40. The maximum Gasteiger partial charge on any atom is 0.272 e. The molecule has 1 unspecified atom stereocenters. The van der Waals surface area contributed by atoms with E-state index in [0.29, 0.717) is 34.9 Å². The lowest BCUT2D eigenvalue weighted by atomic mass is 10.1. The molecule has 0 aliphatic heterocycles. The Morgan fingerprint density at radius 3 is 2.43 bits per heavy atom. The number of hydrogen-bond acceptors (Lipinski definition) is 5. The van der Waals surface area contributed by atoms with Crippen LogP contribution in [0.5, 0.6) is 11.5 Å². The second-order valence-corrected chi connectivity index (χ2v) is 6.53. The van der Waals surface area contributed by atoms with Crippen molar-refractivity contribution >= 4 is 17.3 Å². The van der Waals surface area contributed by atoms with Crippen LogP contribution in [0.2, 0.25) is 0 Å². The minimum absolute atomic E-state index is 0.00583. The second kappa shape index (κ2) is 9.56. The molecule has 1 amide bonds. The standard InChI is InChI=1S/C23H22N2O5/c1-3-29-21-12-8-7-11-19(21)24-23(26)22(17-9-5-4-6-10-17)30-18-13-14-20(25(27)28)16(2)15-18/h4-15,22H,3H2,1-2H3,(H,24,26). The van der Waals surface area contributed by atoms with Crippen molar-refractivity contribution in [2.45, 2.75) is 20.0 Å². The van der Waals surface area contributed by atoms with E-state index in [1.54, 1.807) is 43.3 Å². The minimum atomic E-state index is -0.957. The molecule has 3 rings (SSSR count). The highest BCUT2D eigenvalue weighted by atomic mass is 16.6. The molecular formula is C23H22N2O5. The van der Waals surface area contributed by atoms with Gasteiger partial charge in [-0.05, 0) is 38.1 Å². The number of carbonyl (C=O) groups is 1. The summed E-state index contributed by atoms with van der Waals surface area (Å²) < 4.78 is 11.5. The monoisotopic (exact) mass is 406 g/mol. The molecular weight excluding hydrogens is 384 g/mol. The number of nitro benzene ring substituents is 1. The first-order valence-electron chi connectivity index (χ1n) is 9.49. The molecule has 1 N–H and O–H groups in total. The van der Waals surface area contributed by atoms with Crippen LogP contribution in [-0.2, 0) is 4.79 Å². The van der Waals surface area contributed by atoms with Gasteiger partial charge in [-0.15, -0.1) is 0 Å². The van der Waals surface area contributed by atoms with Gasteiger partial charge in [-0.1, -0.05) is 42.5 Å². The summed E-state index contributed by atoms with van der Waals surface area (Å²) in [7, 11) is 0. The minimum Gasteiger partial charge on any atom is -0.492 e. The third kappa shape index (κ3) is 4.94. The average Bonchev–Trinajstić information content (AvgIpc) is 2.74. The van der Waals surface area contributed by atoms with Crippen molar-refractivity contribution in [3.63, 3.8) is 0 Å². The smallest absolute Gasteiger partial charge is 0.272 e. The highest BCUT2D eigenvalue weighted by Gasteiger charge is 2.24. The van der Waals surface area contributed by atoms with Crippen molar-refractivity contribution < 1.29 is 19.2 Å². The highest BCUT2D eigenvalue weighted by molar-refractivity contribution is 5.96. The van der Waals surface area contributed by atoms with E-state index in [0.717, 1.165) is 0 Å². The van der Waals surface area contributed by atoms with Crippen molar-refractivity contribution in [1.82, 2.24) is 0 Å². The molecule has 0 heterocycles. The van der Waals surface area contributed by atoms with Crippen LogP contribution in [0.15, 0.2) is 72.8 Å². The largest absolute Gasteiger partial charge is 0.492 e. The van der Waals surface area contributed by atoms with Crippen molar-refractivity contribution in [2.75, 3.05) is 11.9 Å². The number of carbonyl (C=O) groups excluding carboxylic acids is 1. The summed E-state index contributed by atoms with van der Waals surface area (Å²) in [6.07, 6.45) is -0.957. The van der Waals surface area contributed by atoms with Crippen LogP contribution in [0.4, 0.5) is 11.4 Å². The molecule has 154 valence electrons. The lowest BCUT2D eigenvalue weighted by Crippen LogP contribution is -2.26. The van der Waals surface area contributed by atoms with Crippen molar-refractivity contribution in [3.05, 3.63) is 94.0 Å². The van der Waals surface area contributed by atoms with Gasteiger partial charge in [0.2, 0.25) is 6.10 Å². The van der Waals surface area contributed by atoms with E-state index in [-0.39, 0.29) is 11.6 Å². The van der Waals surface area contributed by atoms with Crippen molar-refractivity contribution in [3.8, 4) is 11.5 Å². The zero-order valence-corrected chi connectivity index (χ0v) is 16.7. The SMILES string of the molecule is CCOc1ccccc1NC(=O)C(Oc1ccc([N+](=O)[O-])c(C)c1)c1ccccc1. The first kappa shape index (κ1) is 20.9. The van der Waals surface area contributed by atoms with E-state index in [1.165, 1.54) is 12.1 Å². The highest BCUT2D eigenvalue weighted by Crippen LogP contribution is 2.30. The normalized spacial score (nSPS) is 11.4. The topological polar surface area (TPSA) is 90.7 Å². The van der Waals surface area contributed by atoms with Gasteiger partial charge in [-0.2, -0.15) is 0 Å². The van der Waals surface area contributed by atoms with Gasteiger partial charge in [0, 0.05) is 17.2 Å². The molecule has 1 atom stereocenters. The Morgan fingerprint density at radius 2 is 1.77 bits per heavy atom. The average molecular weight is 406 g/mol. The van der Waals surface area contributed by atoms with Crippen LogP contribution < -0.4 is 14.8 Å². The predicted octanol–water partition coefficient (Wildman–Crippen LogP) is 5.06. The fourth-order valence-electron chi connectivity index (χ4n) is 2.99. The molecule has 0 aliphatic carbocycles. The van der Waals surface area contributed by atoms with E-state index in [9.17, 15) is 14.9 Å². The summed E-state index contributed by atoms with van der Waals surface area (Å²) >= 11 is 0. The lowest BCUT2D eigenvalue weighted by Gasteiger charge is -2.20. The van der Waals surface area contributed by atoms with Crippen LogP contribution in [0.3, 0.4) is 0 Å². The molecule has 0 radical (unpaired) electrons. The number of ether oxygens (including phenoxy) is 2. The molecule has 0 aliphatic rings. The van der Waals surface area contributed by atoms with Gasteiger partial charge in [-0.3, -0.25) is 14.9 Å². The number of amides is 1. The molecule has 0 bridgehead atoms. The van der Waals surface area contributed by atoms with Gasteiger partial charge in [0.05, 0.1) is 17.2 Å². The third-order valence-corrected chi connectivity index (χ3v) is 4.40. The van der Waals surface area contributed by atoms with Crippen molar-refractivity contribution in [2.24, 2.45) is 0 Å². The summed E-state index contributed by atoms with van der Waals surface area (Å²) in [6.45, 7) is 3.96. The summed E-state index contributed by atoms with van der Waals surface area (Å²) in [5.41, 5.74) is 1.63. The second-order valence-electron chi connectivity index (χ2n) is 6.53. The maximum atomic E-state index is 13.1. The number of nitrogens with zero attached hydrogens (tertiary/aromatic N) is 1. The molecule has 0 fully saturated rings. The van der Waals surface area contributed by atoms with E-state index >= 15 is 0 Å². The summed E-state index contributed by atoms with van der Waals surface area (Å²) in [5, 5.41) is 13.9. The number of hydrogen-bond donors (Lipinski definition) is 1. The Hall–Kier alpha value is -3.87. The first-order valence-corrected chi connectivity index (χ1v) is 9.49. The number of anilines is 1. The van der Waals surface area contributed by atoms with Crippen LogP contribution in [0.25, 0.3) is 0 Å². The Labute approximate surface area is 174 Å². The van der Waals surface area contributed by atoms with Crippen LogP contribution in [-0.4, -0.2) is 17.4 Å². The van der Waals surface area contributed by atoms with Gasteiger partial charge < -0.3 is 14.8 Å². The Balaban J connectivity index is 1.89. The quantitative estimate of drug-likeness (QED) is 0.417. The number of aryl methyl sites for hydroxylation is 1. The van der Waals surface area contributed by atoms with E-state index < -0.39 is 11.0 Å². The molecule has 0 aromatic heterocycles. The summed E-state index contributed by atoms with van der Waals surface area (Å²) in [4.78, 5) is 23.7. The van der Waals surface area contributed by atoms with Gasteiger partial charge in [0.15, 0.2) is 0 Å². The maximum absolute atomic E-state index is 13.1. The Kier molecular flexibility index (Phi) is 6.64. The van der Waals surface area contributed by atoms with Crippen LogP contribution >= 0.6 is 0 Å². The molecule has 0 saturated carbocycles. The predicted molar refractivity (Wildman–Crippen MR) is 114 cm³/mol. The van der Waals surface area contributed by atoms with Gasteiger partial charge in [-0.25, -0.2) is 0 Å².